The molecule has 0 bridgehead atoms. The van der Waals surface area contributed by atoms with Crippen LogP contribution in [0.1, 0.15) is 65.8 Å². The first kappa shape index (κ1) is 26.1. The molecule has 0 aliphatic heterocycles. The van der Waals surface area contributed by atoms with Crippen LogP contribution in [0.2, 0.25) is 0 Å². The molecule has 12 heteroatoms. The van der Waals surface area contributed by atoms with Crippen LogP contribution in [0.25, 0.3) is 11.1 Å². The molecule has 2 aliphatic rings. The van der Waals surface area contributed by atoms with Crippen molar-refractivity contribution in [1.82, 2.24) is 24.9 Å². The zero-order valence-electron chi connectivity index (χ0n) is 21.8. The summed E-state index contributed by atoms with van der Waals surface area (Å²) in [5.74, 6) is -1.07. The number of aryl methyl sites for hydroxylation is 1. The van der Waals surface area contributed by atoms with Crippen molar-refractivity contribution in [1.29, 1.82) is 0 Å². The molecule has 3 heterocycles. The summed E-state index contributed by atoms with van der Waals surface area (Å²) in [5.41, 5.74) is 2.19. The smallest absolute Gasteiger partial charge is 0.358 e. The van der Waals surface area contributed by atoms with Gasteiger partial charge in [-0.05, 0) is 56.7 Å². The van der Waals surface area contributed by atoms with Crippen molar-refractivity contribution in [3.8, 4) is 11.1 Å². The van der Waals surface area contributed by atoms with E-state index in [4.69, 9.17) is 4.52 Å². The molecule has 3 aromatic heterocycles. The third-order valence-electron chi connectivity index (χ3n) is 7.67. The lowest BCUT2D eigenvalue weighted by molar-refractivity contribution is -0.165. The summed E-state index contributed by atoms with van der Waals surface area (Å²) in [7, 11) is 0. The number of anilines is 1. The Kier molecular flexibility index (Phi) is 6.23. The molecule has 0 spiro atoms. The van der Waals surface area contributed by atoms with E-state index >= 15 is 0 Å². The van der Waals surface area contributed by atoms with Gasteiger partial charge in [0.2, 0.25) is 5.91 Å². The number of carbonyl (C=O) groups is 1. The highest BCUT2D eigenvalue weighted by molar-refractivity contribution is 5.91. The minimum Gasteiger partial charge on any atom is -0.358 e. The Morgan fingerprint density at radius 3 is 2.58 bits per heavy atom. The monoisotopic (exact) mass is 554 g/mol. The fourth-order valence-electron chi connectivity index (χ4n) is 4.95. The first-order valence-corrected chi connectivity index (χ1v) is 13.0. The number of hydrogen-bond donors (Lipinski definition) is 1. The molecule has 0 unspecified atom stereocenters. The average Bonchev–Trinajstić information content (AvgIpc) is 3.82. The van der Waals surface area contributed by atoms with Gasteiger partial charge in [-0.1, -0.05) is 17.3 Å². The van der Waals surface area contributed by atoms with E-state index in [1.807, 2.05) is 20.0 Å². The second-order valence-electron chi connectivity index (χ2n) is 10.6. The van der Waals surface area contributed by atoms with E-state index in [1.54, 1.807) is 12.3 Å². The van der Waals surface area contributed by atoms with Crippen molar-refractivity contribution in [2.75, 3.05) is 5.32 Å². The maximum Gasteiger partial charge on any atom is 0.401 e. The maximum absolute atomic E-state index is 15.0. The Morgan fingerprint density at radius 1 is 1.15 bits per heavy atom. The zero-order valence-corrected chi connectivity index (χ0v) is 21.8. The molecule has 0 radical (unpaired) electrons. The Labute approximate surface area is 226 Å². The van der Waals surface area contributed by atoms with Gasteiger partial charge in [-0.15, -0.1) is 0 Å². The largest absolute Gasteiger partial charge is 0.401 e. The lowest BCUT2D eigenvalue weighted by Crippen LogP contribution is -2.28. The average molecular weight is 555 g/mol. The number of amides is 1. The fraction of sp³-hybridized carbons (Fsp3) is 0.393. The molecule has 2 saturated carbocycles. The molecular weight excluding hydrogens is 528 g/mol. The van der Waals surface area contributed by atoms with Crippen LogP contribution in [0.15, 0.2) is 41.2 Å². The SMILES string of the molecule is Cc1nc(Cc2cnn(C3CC3)c2C)ncc1-c1ccc(CC(=O)Nc2cc(C3(C(F)(F)F)CC3)on2)c(F)c1. The number of alkyl halides is 3. The number of hydrogen-bond acceptors (Lipinski definition) is 6. The van der Waals surface area contributed by atoms with E-state index in [2.05, 4.69) is 30.2 Å². The molecule has 2 fully saturated rings. The van der Waals surface area contributed by atoms with Gasteiger partial charge in [0.25, 0.3) is 0 Å². The van der Waals surface area contributed by atoms with E-state index in [0.29, 0.717) is 35.1 Å². The van der Waals surface area contributed by atoms with Gasteiger partial charge in [-0.25, -0.2) is 14.4 Å². The summed E-state index contributed by atoms with van der Waals surface area (Å²) in [4.78, 5) is 21.6. The molecule has 6 rings (SSSR count). The minimum atomic E-state index is -4.46. The van der Waals surface area contributed by atoms with E-state index < -0.39 is 23.3 Å². The van der Waals surface area contributed by atoms with Gasteiger partial charge in [0.15, 0.2) is 11.6 Å². The third kappa shape index (κ3) is 4.86. The molecule has 8 nitrogen and oxygen atoms in total. The van der Waals surface area contributed by atoms with Gasteiger partial charge in [0, 0.05) is 41.2 Å². The summed E-state index contributed by atoms with van der Waals surface area (Å²) in [6.45, 7) is 3.88. The molecule has 2 aliphatic carbocycles. The second kappa shape index (κ2) is 9.53. The number of benzene rings is 1. The van der Waals surface area contributed by atoms with Crippen LogP contribution in [-0.2, 0) is 23.1 Å². The second-order valence-corrected chi connectivity index (χ2v) is 10.6. The number of carbonyl (C=O) groups excluding carboxylic acids is 1. The van der Waals surface area contributed by atoms with Crippen molar-refractivity contribution < 1.29 is 26.9 Å². The van der Waals surface area contributed by atoms with Gasteiger partial charge in [-0.2, -0.15) is 18.3 Å². The maximum atomic E-state index is 15.0. The minimum absolute atomic E-state index is 0.0877. The normalized spacial score (nSPS) is 16.2. The molecule has 40 heavy (non-hydrogen) atoms. The fourth-order valence-corrected chi connectivity index (χ4v) is 4.95. The lowest BCUT2D eigenvalue weighted by atomic mass is 10.0. The number of aromatic nitrogens is 5. The van der Waals surface area contributed by atoms with Crippen LogP contribution >= 0.6 is 0 Å². The van der Waals surface area contributed by atoms with E-state index in [0.717, 1.165) is 30.2 Å². The summed E-state index contributed by atoms with van der Waals surface area (Å²) in [6, 6.07) is 6.05. The topological polar surface area (TPSA) is 98.7 Å². The molecule has 208 valence electrons. The van der Waals surface area contributed by atoms with E-state index in [9.17, 15) is 22.4 Å². The van der Waals surface area contributed by atoms with Gasteiger partial charge < -0.3 is 9.84 Å². The lowest BCUT2D eigenvalue weighted by Gasteiger charge is -2.14. The number of nitrogens with one attached hydrogen (secondary N) is 1. The summed E-state index contributed by atoms with van der Waals surface area (Å²) in [6.07, 6.45) is 1.41. The predicted octanol–water partition coefficient (Wildman–Crippen LogP) is 5.78. The van der Waals surface area contributed by atoms with Gasteiger partial charge >= 0.3 is 6.18 Å². The van der Waals surface area contributed by atoms with Gasteiger partial charge in [0.05, 0.1) is 18.7 Å². The first-order valence-electron chi connectivity index (χ1n) is 13.0. The molecule has 1 N–H and O–H groups in total. The molecule has 1 aromatic carbocycles. The van der Waals surface area contributed by atoms with Crippen LogP contribution < -0.4 is 5.32 Å². The van der Waals surface area contributed by atoms with Crippen LogP contribution in [0.3, 0.4) is 0 Å². The Hall–Kier alpha value is -4.09. The number of nitrogens with zero attached hydrogens (tertiary/aromatic N) is 5. The van der Waals surface area contributed by atoms with Crippen LogP contribution in [0, 0.1) is 19.7 Å². The number of halogens is 4. The Bertz CT molecular complexity index is 1600. The van der Waals surface area contributed by atoms with Crippen LogP contribution in [-0.4, -0.2) is 37.0 Å². The highest BCUT2D eigenvalue weighted by Gasteiger charge is 2.66. The number of rotatable bonds is 8. The summed E-state index contributed by atoms with van der Waals surface area (Å²) in [5, 5.41) is 10.4. The van der Waals surface area contributed by atoms with Gasteiger partial charge in [-0.3, -0.25) is 9.48 Å². The highest BCUT2D eigenvalue weighted by atomic mass is 19.4. The summed E-state index contributed by atoms with van der Waals surface area (Å²) >= 11 is 0. The standard InChI is InChI=1S/C28H26F4N6O2/c1-15-21(14-33-24(35-15)10-19-13-34-38(16(19)2)20-5-6-20)17-3-4-18(22(29)9-17)11-26(39)36-25-12-23(40-37-25)27(7-8-27)28(30,31)32/h3-4,9,12-14,20H,5-8,10-11H2,1-2H3,(H,36,37,39). The Balaban J connectivity index is 1.11. The molecular formula is C28H26F4N6O2. The van der Waals surface area contributed by atoms with Crippen molar-refractivity contribution in [3.63, 3.8) is 0 Å². The van der Waals surface area contributed by atoms with Crippen LogP contribution in [0.4, 0.5) is 23.4 Å². The van der Waals surface area contributed by atoms with Crippen molar-refractivity contribution in [2.24, 2.45) is 0 Å². The zero-order chi connectivity index (χ0) is 28.2. The molecule has 0 atom stereocenters. The first-order chi connectivity index (χ1) is 19.0. The quantitative estimate of drug-likeness (QED) is 0.277. The van der Waals surface area contributed by atoms with Crippen molar-refractivity contribution in [3.05, 3.63) is 76.6 Å². The molecule has 1 amide bonds. The highest BCUT2D eigenvalue weighted by Crippen LogP contribution is 2.59. The van der Waals surface area contributed by atoms with Gasteiger partial charge in [0.1, 0.15) is 17.1 Å². The molecule has 0 saturated heterocycles. The Morgan fingerprint density at radius 2 is 1.93 bits per heavy atom. The van der Waals surface area contributed by atoms with Crippen molar-refractivity contribution in [2.45, 2.75) is 70.0 Å². The van der Waals surface area contributed by atoms with E-state index in [-0.39, 0.29) is 36.4 Å². The molecule has 4 aromatic rings. The van der Waals surface area contributed by atoms with Crippen molar-refractivity contribution >= 4 is 11.7 Å². The third-order valence-corrected chi connectivity index (χ3v) is 7.67. The predicted molar refractivity (Wildman–Crippen MR) is 136 cm³/mol. The van der Waals surface area contributed by atoms with Crippen LogP contribution in [0.5, 0.6) is 0 Å². The van der Waals surface area contributed by atoms with E-state index in [1.165, 1.54) is 12.1 Å². The summed E-state index contributed by atoms with van der Waals surface area (Å²) < 4.78 is 61.7.